The number of carbonyl (C=O) groups is 1. The van der Waals surface area contributed by atoms with E-state index in [0.29, 0.717) is 29.5 Å². The van der Waals surface area contributed by atoms with Gasteiger partial charge in [0, 0.05) is 29.7 Å². The monoisotopic (exact) mass is 349 g/mol. The molecule has 1 heterocycles. The maximum absolute atomic E-state index is 14.7. The van der Waals surface area contributed by atoms with E-state index in [4.69, 9.17) is 0 Å². The first kappa shape index (κ1) is 16.7. The number of nitrogens with one attached hydrogen (secondary N) is 1. The Labute approximate surface area is 151 Å². The van der Waals surface area contributed by atoms with Gasteiger partial charge in [0.05, 0.1) is 17.0 Å². The SMILES string of the molecule is CC1(C)CC(=O)C2=C(Cc3[nH]nc(F)c3C2(C)c2cccc(C#N)c2)C1. The number of hydrogen-bond acceptors (Lipinski definition) is 3. The van der Waals surface area contributed by atoms with Crippen molar-refractivity contribution in [2.75, 3.05) is 0 Å². The Morgan fingerprint density at radius 1 is 1.27 bits per heavy atom. The molecule has 0 saturated carbocycles. The van der Waals surface area contributed by atoms with Gasteiger partial charge >= 0.3 is 0 Å². The number of rotatable bonds is 1. The van der Waals surface area contributed by atoms with Gasteiger partial charge in [-0.05, 0) is 36.5 Å². The summed E-state index contributed by atoms with van der Waals surface area (Å²) < 4.78 is 14.7. The van der Waals surface area contributed by atoms with Gasteiger partial charge in [-0.2, -0.15) is 9.65 Å². The third-order valence-corrected chi connectivity index (χ3v) is 5.72. The Balaban J connectivity index is 2.03. The summed E-state index contributed by atoms with van der Waals surface area (Å²) >= 11 is 0. The summed E-state index contributed by atoms with van der Waals surface area (Å²) in [4.78, 5) is 13.2. The van der Waals surface area contributed by atoms with Gasteiger partial charge in [0.1, 0.15) is 0 Å². The number of ketones is 1. The van der Waals surface area contributed by atoms with Crippen molar-refractivity contribution < 1.29 is 9.18 Å². The molecule has 0 radical (unpaired) electrons. The van der Waals surface area contributed by atoms with Crippen LogP contribution in [0.1, 0.15) is 56.0 Å². The quantitative estimate of drug-likeness (QED) is 0.847. The second-order valence-corrected chi connectivity index (χ2v) is 8.28. The molecule has 0 bridgehead atoms. The van der Waals surface area contributed by atoms with Crippen LogP contribution in [-0.2, 0) is 16.6 Å². The first-order valence-electron chi connectivity index (χ1n) is 8.76. The number of Topliss-reactive ketones (excluding diaryl/α,β-unsaturated/α-hetero) is 1. The molecule has 1 N–H and O–H groups in total. The van der Waals surface area contributed by atoms with Crippen molar-refractivity contribution in [2.24, 2.45) is 5.41 Å². The molecule has 0 aliphatic heterocycles. The zero-order valence-electron chi connectivity index (χ0n) is 15.1. The Bertz CT molecular complexity index is 1010. The summed E-state index contributed by atoms with van der Waals surface area (Å²) in [5.74, 6) is -0.513. The van der Waals surface area contributed by atoms with Gasteiger partial charge in [0.2, 0.25) is 5.95 Å². The molecular weight excluding hydrogens is 329 g/mol. The van der Waals surface area contributed by atoms with Gasteiger partial charge in [-0.25, -0.2) is 0 Å². The number of allylic oxidation sites excluding steroid dienone is 2. The van der Waals surface area contributed by atoms with Crippen molar-refractivity contribution in [3.63, 3.8) is 0 Å². The molecular formula is C21H20FN3O. The Morgan fingerprint density at radius 2 is 2.04 bits per heavy atom. The number of nitrogens with zero attached hydrogens (tertiary/aromatic N) is 2. The lowest BCUT2D eigenvalue weighted by Gasteiger charge is -2.43. The standard InChI is InChI=1S/C21H20FN3O/c1-20(2)9-13-8-15-18(19(22)25-24-15)21(3,17(13)16(26)10-20)14-6-4-5-12(7-14)11-23/h4-7H,8-10H2,1-3H3,(H,24,25). The molecule has 1 aromatic carbocycles. The lowest BCUT2D eigenvalue weighted by Crippen LogP contribution is -2.41. The lowest BCUT2D eigenvalue weighted by atomic mass is 9.58. The van der Waals surface area contributed by atoms with Crippen LogP contribution in [-0.4, -0.2) is 16.0 Å². The van der Waals surface area contributed by atoms with E-state index in [1.807, 2.05) is 13.0 Å². The summed E-state index contributed by atoms with van der Waals surface area (Å²) in [5, 5.41) is 15.9. The van der Waals surface area contributed by atoms with Crippen molar-refractivity contribution in [3.05, 3.63) is 63.7 Å². The fourth-order valence-electron chi connectivity index (χ4n) is 4.75. The van der Waals surface area contributed by atoms with E-state index < -0.39 is 11.4 Å². The molecule has 1 unspecified atom stereocenters. The van der Waals surface area contributed by atoms with Crippen molar-refractivity contribution >= 4 is 5.78 Å². The summed E-state index contributed by atoms with van der Waals surface area (Å²) in [7, 11) is 0. The first-order chi connectivity index (χ1) is 12.3. The van der Waals surface area contributed by atoms with Gasteiger partial charge in [-0.3, -0.25) is 9.89 Å². The van der Waals surface area contributed by atoms with Gasteiger partial charge in [-0.15, -0.1) is 5.10 Å². The van der Waals surface area contributed by atoms with Gasteiger partial charge in [0.15, 0.2) is 5.78 Å². The Morgan fingerprint density at radius 3 is 2.77 bits per heavy atom. The highest BCUT2D eigenvalue weighted by atomic mass is 19.1. The van der Waals surface area contributed by atoms with Crippen LogP contribution in [0.2, 0.25) is 0 Å². The van der Waals surface area contributed by atoms with E-state index in [2.05, 4.69) is 30.1 Å². The number of benzene rings is 1. The first-order valence-corrected chi connectivity index (χ1v) is 8.76. The average molecular weight is 349 g/mol. The van der Waals surface area contributed by atoms with E-state index in [1.54, 1.807) is 18.2 Å². The summed E-state index contributed by atoms with van der Waals surface area (Å²) in [6.45, 7) is 6.06. The van der Waals surface area contributed by atoms with Crippen LogP contribution in [0, 0.1) is 22.7 Å². The topological polar surface area (TPSA) is 69.5 Å². The smallest absolute Gasteiger partial charge is 0.237 e. The van der Waals surface area contributed by atoms with Crippen LogP contribution >= 0.6 is 0 Å². The summed E-state index contributed by atoms with van der Waals surface area (Å²) in [5.41, 5.74) is 3.06. The van der Waals surface area contributed by atoms with Crippen LogP contribution in [0.5, 0.6) is 0 Å². The van der Waals surface area contributed by atoms with E-state index in [-0.39, 0.29) is 11.2 Å². The van der Waals surface area contributed by atoms with Crippen molar-refractivity contribution in [2.45, 2.75) is 45.4 Å². The third-order valence-electron chi connectivity index (χ3n) is 5.72. The van der Waals surface area contributed by atoms with E-state index in [1.165, 1.54) is 0 Å². The molecule has 132 valence electrons. The summed E-state index contributed by atoms with van der Waals surface area (Å²) in [6.07, 6.45) is 1.75. The van der Waals surface area contributed by atoms with Crippen molar-refractivity contribution in [1.82, 2.24) is 10.2 Å². The number of fused-ring (bicyclic) bond motifs is 1. The third kappa shape index (κ3) is 2.25. The molecule has 4 rings (SSSR count). The van der Waals surface area contributed by atoms with Crippen LogP contribution in [0.3, 0.4) is 0 Å². The Hall–Kier alpha value is -2.74. The average Bonchev–Trinajstić information content (AvgIpc) is 2.94. The van der Waals surface area contributed by atoms with Crippen LogP contribution in [0.15, 0.2) is 35.4 Å². The molecule has 0 amide bonds. The number of nitriles is 1. The molecule has 1 atom stereocenters. The van der Waals surface area contributed by atoms with Crippen molar-refractivity contribution in [1.29, 1.82) is 5.26 Å². The fourth-order valence-corrected chi connectivity index (χ4v) is 4.75. The van der Waals surface area contributed by atoms with Crippen molar-refractivity contribution in [3.8, 4) is 6.07 Å². The number of aromatic nitrogens is 2. The molecule has 0 spiro atoms. The predicted octanol–water partition coefficient (Wildman–Crippen LogP) is 3.97. The van der Waals surface area contributed by atoms with Gasteiger partial charge in [0.25, 0.3) is 0 Å². The minimum Gasteiger partial charge on any atom is -0.294 e. The minimum absolute atomic E-state index is 0.0624. The Kier molecular flexibility index (Phi) is 3.46. The predicted molar refractivity (Wildman–Crippen MR) is 94.9 cm³/mol. The zero-order valence-corrected chi connectivity index (χ0v) is 15.1. The highest BCUT2D eigenvalue weighted by molar-refractivity contribution is 6.01. The van der Waals surface area contributed by atoms with Gasteiger partial charge < -0.3 is 0 Å². The number of aromatic amines is 1. The van der Waals surface area contributed by atoms with Crippen LogP contribution in [0.25, 0.3) is 0 Å². The molecule has 2 aliphatic rings. The van der Waals surface area contributed by atoms with E-state index in [0.717, 1.165) is 23.3 Å². The molecule has 4 nitrogen and oxygen atoms in total. The second kappa shape index (κ2) is 5.38. The minimum atomic E-state index is -0.944. The molecule has 26 heavy (non-hydrogen) atoms. The normalized spacial score (nSPS) is 24.0. The van der Waals surface area contributed by atoms with E-state index in [9.17, 15) is 14.4 Å². The van der Waals surface area contributed by atoms with E-state index >= 15 is 0 Å². The zero-order chi connectivity index (χ0) is 18.7. The summed E-state index contributed by atoms with van der Waals surface area (Å²) in [6, 6.07) is 9.24. The number of carbonyl (C=O) groups excluding carboxylic acids is 1. The number of H-pyrrole nitrogens is 1. The highest BCUT2D eigenvalue weighted by Gasteiger charge is 2.49. The molecule has 1 aromatic heterocycles. The largest absolute Gasteiger partial charge is 0.294 e. The maximum Gasteiger partial charge on any atom is 0.237 e. The molecule has 5 heteroatoms. The highest BCUT2D eigenvalue weighted by Crippen LogP contribution is 2.52. The van der Waals surface area contributed by atoms with Gasteiger partial charge in [-0.1, -0.05) is 31.6 Å². The van der Waals surface area contributed by atoms with Crippen LogP contribution < -0.4 is 0 Å². The number of hydrogen-bond donors (Lipinski definition) is 1. The van der Waals surface area contributed by atoms with Crippen LogP contribution in [0.4, 0.5) is 4.39 Å². The molecule has 0 saturated heterocycles. The molecule has 2 aliphatic carbocycles. The fraction of sp³-hybridized carbons (Fsp3) is 0.381. The number of halogens is 1. The second-order valence-electron chi connectivity index (χ2n) is 8.28. The lowest BCUT2D eigenvalue weighted by molar-refractivity contribution is -0.118. The maximum atomic E-state index is 14.7. The molecule has 0 fully saturated rings. The molecule has 2 aromatic rings.